The van der Waals surface area contributed by atoms with E-state index in [2.05, 4.69) is 110 Å². The average Bonchev–Trinajstić information content (AvgIpc) is 2.62. The zero-order valence-corrected chi connectivity index (χ0v) is 24.2. The first-order valence-electron chi connectivity index (χ1n) is 13.4. The lowest BCUT2D eigenvalue weighted by atomic mass is 9.88. The molecule has 2 aliphatic rings. The highest BCUT2D eigenvalue weighted by Crippen LogP contribution is 2.34. The molecule has 2 aliphatic heterocycles. The number of nitrogens with zero attached hydrogens (tertiary/aromatic N) is 4. The van der Waals surface area contributed by atoms with E-state index in [1.54, 1.807) is 0 Å². The molecule has 0 aromatic rings. The van der Waals surface area contributed by atoms with E-state index in [9.17, 15) is 0 Å². The smallest absolute Gasteiger partial charge is 0.0232 e. The summed E-state index contributed by atoms with van der Waals surface area (Å²) in [6.45, 7) is 37.2. The summed E-state index contributed by atoms with van der Waals surface area (Å²) in [6, 6.07) is 1.90. The van der Waals surface area contributed by atoms with Crippen LogP contribution >= 0.6 is 0 Å². The zero-order chi connectivity index (χ0) is 24.7. The van der Waals surface area contributed by atoms with Crippen molar-refractivity contribution in [2.45, 2.75) is 150 Å². The predicted octanol–water partition coefficient (Wildman–Crippen LogP) is 5.71. The molecule has 2 saturated heterocycles. The van der Waals surface area contributed by atoms with Gasteiger partial charge in [0.2, 0.25) is 0 Å². The van der Waals surface area contributed by atoms with E-state index in [-0.39, 0.29) is 22.2 Å². The summed E-state index contributed by atoms with van der Waals surface area (Å²) in [5, 5.41) is 0. The van der Waals surface area contributed by atoms with Crippen molar-refractivity contribution in [1.82, 2.24) is 19.6 Å². The SMILES string of the molecule is CC[C@@H]1CN(C(C)(C)C)CC(CC[C@H]2CN(C(C)(C)C)CCN2C(C)(C)C)N1C(C)(C)C. The molecule has 0 spiro atoms. The van der Waals surface area contributed by atoms with Gasteiger partial charge in [-0.2, -0.15) is 0 Å². The van der Waals surface area contributed by atoms with Gasteiger partial charge in [0.25, 0.3) is 0 Å². The Morgan fingerprint density at radius 2 is 1.00 bits per heavy atom. The highest BCUT2D eigenvalue weighted by Gasteiger charge is 2.43. The topological polar surface area (TPSA) is 13.0 Å². The Morgan fingerprint density at radius 1 is 0.531 bits per heavy atom. The van der Waals surface area contributed by atoms with Crippen LogP contribution in [-0.4, -0.2) is 92.6 Å². The summed E-state index contributed by atoms with van der Waals surface area (Å²) >= 11 is 0. The summed E-state index contributed by atoms with van der Waals surface area (Å²) in [7, 11) is 0. The molecule has 0 amide bonds. The minimum Gasteiger partial charge on any atom is -0.296 e. The fourth-order valence-corrected chi connectivity index (χ4v) is 6.24. The van der Waals surface area contributed by atoms with E-state index in [0.717, 1.165) is 0 Å². The van der Waals surface area contributed by atoms with Gasteiger partial charge in [0.05, 0.1) is 0 Å². The van der Waals surface area contributed by atoms with Crippen LogP contribution in [0.25, 0.3) is 0 Å². The van der Waals surface area contributed by atoms with Gasteiger partial charge in [0, 0.05) is 73.0 Å². The minimum absolute atomic E-state index is 0.211. The number of hydrogen-bond acceptors (Lipinski definition) is 4. The Morgan fingerprint density at radius 3 is 1.44 bits per heavy atom. The summed E-state index contributed by atoms with van der Waals surface area (Å²) in [5.41, 5.74) is 0.930. The van der Waals surface area contributed by atoms with Crippen LogP contribution in [0.15, 0.2) is 0 Å². The fraction of sp³-hybridized carbons (Fsp3) is 1.00. The normalized spacial score (nSPS) is 29.0. The van der Waals surface area contributed by atoms with Gasteiger partial charge in [-0.15, -0.1) is 0 Å². The van der Waals surface area contributed by atoms with E-state index in [4.69, 9.17) is 0 Å². The first-order chi connectivity index (χ1) is 14.4. The third-order valence-electron chi connectivity index (χ3n) is 7.97. The van der Waals surface area contributed by atoms with Gasteiger partial charge in [-0.25, -0.2) is 0 Å². The molecule has 4 nitrogen and oxygen atoms in total. The van der Waals surface area contributed by atoms with Crippen molar-refractivity contribution < 1.29 is 0 Å². The van der Waals surface area contributed by atoms with Crippen molar-refractivity contribution in [1.29, 1.82) is 0 Å². The van der Waals surface area contributed by atoms with Crippen molar-refractivity contribution in [3.05, 3.63) is 0 Å². The van der Waals surface area contributed by atoms with Gasteiger partial charge in [0.1, 0.15) is 0 Å². The molecule has 0 aliphatic carbocycles. The molecule has 32 heavy (non-hydrogen) atoms. The maximum absolute atomic E-state index is 2.89. The lowest BCUT2D eigenvalue weighted by Gasteiger charge is -2.56. The molecule has 2 fully saturated rings. The Hall–Kier alpha value is -0.160. The monoisotopic (exact) mass is 450 g/mol. The molecule has 0 radical (unpaired) electrons. The van der Waals surface area contributed by atoms with Gasteiger partial charge < -0.3 is 0 Å². The first kappa shape index (κ1) is 28.1. The van der Waals surface area contributed by atoms with Gasteiger partial charge >= 0.3 is 0 Å². The van der Waals surface area contributed by atoms with Crippen LogP contribution in [0.5, 0.6) is 0 Å². The van der Waals surface area contributed by atoms with Crippen molar-refractivity contribution in [3.8, 4) is 0 Å². The lowest BCUT2D eigenvalue weighted by molar-refractivity contribution is -0.0729. The third kappa shape index (κ3) is 6.93. The molecule has 0 N–H and O–H groups in total. The van der Waals surface area contributed by atoms with E-state index in [1.807, 2.05) is 0 Å². The molecule has 2 heterocycles. The standard InChI is InChI=1S/C28H58N4/c1-14-22-19-30(26(5,6)7)21-24(32(22)28(11,12)13)16-15-23-20-29(25(2,3)4)17-18-31(23)27(8,9)10/h22-24H,14-21H2,1-13H3/t22-,23+,24?/m1/s1. The van der Waals surface area contributed by atoms with Crippen molar-refractivity contribution in [2.75, 3.05) is 32.7 Å². The molecule has 190 valence electrons. The van der Waals surface area contributed by atoms with Crippen LogP contribution in [0, 0.1) is 0 Å². The molecular weight excluding hydrogens is 392 g/mol. The van der Waals surface area contributed by atoms with Crippen LogP contribution in [0.3, 0.4) is 0 Å². The largest absolute Gasteiger partial charge is 0.296 e. The molecular formula is C28H58N4. The quantitative estimate of drug-likeness (QED) is 0.543. The van der Waals surface area contributed by atoms with E-state index < -0.39 is 0 Å². The maximum Gasteiger partial charge on any atom is 0.0232 e. The zero-order valence-electron chi connectivity index (χ0n) is 24.2. The molecule has 4 heteroatoms. The van der Waals surface area contributed by atoms with Gasteiger partial charge in [-0.05, 0) is 102 Å². The summed E-state index contributed by atoms with van der Waals surface area (Å²) in [6.07, 6.45) is 3.81. The molecule has 1 unspecified atom stereocenters. The second-order valence-electron chi connectivity index (χ2n) is 14.6. The van der Waals surface area contributed by atoms with Crippen LogP contribution < -0.4 is 0 Å². The second-order valence-corrected chi connectivity index (χ2v) is 14.6. The predicted molar refractivity (Wildman–Crippen MR) is 142 cm³/mol. The molecule has 0 aromatic carbocycles. The number of hydrogen-bond donors (Lipinski definition) is 0. The van der Waals surface area contributed by atoms with Crippen molar-refractivity contribution >= 4 is 0 Å². The Labute approximate surface area is 202 Å². The Bertz CT molecular complexity index is 587. The second kappa shape index (κ2) is 9.84. The van der Waals surface area contributed by atoms with Crippen LogP contribution in [-0.2, 0) is 0 Å². The molecule has 0 saturated carbocycles. The van der Waals surface area contributed by atoms with Crippen LogP contribution in [0.2, 0.25) is 0 Å². The fourth-order valence-electron chi connectivity index (χ4n) is 6.24. The first-order valence-corrected chi connectivity index (χ1v) is 13.4. The van der Waals surface area contributed by atoms with Gasteiger partial charge in [-0.3, -0.25) is 19.6 Å². The van der Waals surface area contributed by atoms with Gasteiger partial charge in [-0.1, -0.05) is 6.92 Å². The van der Waals surface area contributed by atoms with E-state index >= 15 is 0 Å². The maximum atomic E-state index is 2.89. The van der Waals surface area contributed by atoms with Crippen molar-refractivity contribution in [3.63, 3.8) is 0 Å². The number of piperazine rings is 2. The van der Waals surface area contributed by atoms with Gasteiger partial charge in [0.15, 0.2) is 0 Å². The minimum atomic E-state index is 0.211. The molecule has 3 atom stereocenters. The number of rotatable bonds is 4. The third-order valence-corrected chi connectivity index (χ3v) is 7.97. The average molecular weight is 451 g/mol. The van der Waals surface area contributed by atoms with Crippen molar-refractivity contribution in [2.24, 2.45) is 0 Å². The molecule has 2 rings (SSSR count). The summed E-state index contributed by atoms with van der Waals surface area (Å²) < 4.78 is 0. The summed E-state index contributed by atoms with van der Waals surface area (Å²) in [5.74, 6) is 0. The van der Waals surface area contributed by atoms with E-state index in [1.165, 1.54) is 52.0 Å². The highest BCUT2D eigenvalue weighted by atomic mass is 15.4. The molecule has 0 aromatic heterocycles. The van der Waals surface area contributed by atoms with Crippen LogP contribution in [0.1, 0.15) is 109 Å². The summed E-state index contributed by atoms with van der Waals surface area (Å²) in [4.78, 5) is 11.2. The molecule has 0 bridgehead atoms. The highest BCUT2D eigenvalue weighted by molar-refractivity contribution is 4.99. The Balaban J connectivity index is 2.26. The Kier molecular flexibility index (Phi) is 8.63. The van der Waals surface area contributed by atoms with E-state index in [0.29, 0.717) is 18.1 Å². The van der Waals surface area contributed by atoms with Crippen LogP contribution in [0.4, 0.5) is 0 Å². The lowest BCUT2D eigenvalue weighted by Crippen LogP contribution is -2.67.